The van der Waals surface area contributed by atoms with E-state index < -0.39 is 0 Å². The van der Waals surface area contributed by atoms with Gasteiger partial charge < -0.3 is 10.4 Å². The number of carbonyl (C=O) groups excluding carboxylic acids is 1. The zero-order chi connectivity index (χ0) is 12.4. The molecule has 2 aromatic carbocycles. The Bertz CT molecular complexity index is 561. The lowest BCUT2D eigenvalue weighted by Crippen LogP contribution is -2.17. The lowest BCUT2D eigenvalue weighted by molar-refractivity contribution is -0.118. The van der Waals surface area contributed by atoms with E-state index >= 15 is 0 Å². The molecule has 0 fully saturated rings. The largest absolute Gasteiger partial charge is 0.507 e. The third kappa shape index (κ3) is 2.23. The molecule has 17 heavy (non-hydrogen) atoms. The molecule has 0 unspecified atom stereocenters. The second-order valence-electron chi connectivity index (χ2n) is 4.32. The number of rotatable bonds is 2. The van der Waals surface area contributed by atoms with Crippen molar-refractivity contribution in [3.63, 3.8) is 0 Å². The Labute approximate surface area is 100 Å². The Kier molecular flexibility index (Phi) is 3.00. The number of benzene rings is 2. The third-order valence-corrected chi connectivity index (χ3v) is 2.68. The van der Waals surface area contributed by atoms with E-state index in [0.29, 0.717) is 0 Å². The maximum Gasteiger partial charge on any atom is 0.226 e. The molecular weight excluding hydrogens is 214 g/mol. The number of aromatic hydroxyl groups is 1. The van der Waals surface area contributed by atoms with Gasteiger partial charge in [0, 0.05) is 22.4 Å². The average Bonchev–Trinajstić information content (AvgIpc) is 2.33. The molecule has 0 heterocycles. The van der Waals surface area contributed by atoms with Crippen LogP contribution in [0.25, 0.3) is 10.8 Å². The fourth-order valence-electron chi connectivity index (χ4n) is 1.67. The van der Waals surface area contributed by atoms with Crippen molar-refractivity contribution in [2.45, 2.75) is 13.8 Å². The lowest BCUT2D eigenvalue weighted by Gasteiger charge is -2.11. The molecule has 0 saturated heterocycles. The number of phenols is 1. The number of nitrogens with one attached hydrogen (secondary N) is 1. The molecule has 0 aliphatic heterocycles. The number of phenolic OH excluding ortho intramolecular Hbond substituents is 1. The van der Waals surface area contributed by atoms with E-state index in [-0.39, 0.29) is 17.6 Å². The number of carbonyl (C=O) groups is 1. The summed E-state index contributed by atoms with van der Waals surface area (Å²) in [6.07, 6.45) is 0. The molecule has 0 radical (unpaired) electrons. The highest BCUT2D eigenvalue weighted by Gasteiger charge is 2.10. The Morgan fingerprint density at radius 2 is 1.76 bits per heavy atom. The summed E-state index contributed by atoms with van der Waals surface area (Å²) in [6.45, 7) is 3.69. The van der Waals surface area contributed by atoms with Crippen molar-refractivity contribution in [2.24, 2.45) is 5.92 Å². The van der Waals surface area contributed by atoms with Gasteiger partial charge in [-0.05, 0) is 12.1 Å². The molecule has 0 spiro atoms. The lowest BCUT2D eigenvalue weighted by atomic mass is 10.1. The van der Waals surface area contributed by atoms with Crippen LogP contribution in [0.2, 0.25) is 0 Å². The number of amides is 1. The van der Waals surface area contributed by atoms with E-state index in [4.69, 9.17) is 0 Å². The van der Waals surface area contributed by atoms with Crippen molar-refractivity contribution in [1.29, 1.82) is 0 Å². The highest BCUT2D eigenvalue weighted by molar-refractivity contribution is 6.04. The molecule has 0 aliphatic carbocycles. The molecule has 2 aromatic rings. The van der Waals surface area contributed by atoms with Crippen molar-refractivity contribution < 1.29 is 9.90 Å². The monoisotopic (exact) mass is 229 g/mol. The number of hydrogen-bond donors (Lipinski definition) is 2. The van der Waals surface area contributed by atoms with Crippen LogP contribution in [0.5, 0.6) is 5.75 Å². The minimum absolute atomic E-state index is 0.0270. The number of anilines is 1. The first-order chi connectivity index (χ1) is 8.09. The molecule has 0 saturated carbocycles. The molecule has 3 nitrogen and oxygen atoms in total. The van der Waals surface area contributed by atoms with E-state index in [9.17, 15) is 9.90 Å². The Morgan fingerprint density at radius 1 is 1.12 bits per heavy atom. The maximum absolute atomic E-state index is 11.7. The molecule has 0 bridgehead atoms. The first-order valence-electron chi connectivity index (χ1n) is 5.61. The van der Waals surface area contributed by atoms with Crippen molar-refractivity contribution in [1.82, 2.24) is 0 Å². The van der Waals surface area contributed by atoms with Gasteiger partial charge in [0.1, 0.15) is 5.75 Å². The van der Waals surface area contributed by atoms with Gasteiger partial charge in [-0.3, -0.25) is 4.79 Å². The van der Waals surface area contributed by atoms with Gasteiger partial charge in [-0.1, -0.05) is 38.1 Å². The molecule has 88 valence electrons. The average molecular weight is 229 g/mol. The van der Waals surface area contributed by atoms with Gasteiger partial charge in [-0.2, -0.15) is 0 Å². The van der Waals surface area contributed by atoms with Crippen LogP contribution in [0.4, 0.5) is 5.69 Å². The fourth-order valence-corrected chi connectivity index (χ4v) is 1.67. The number of hydrogen-bond acceptors (Lipinski definition) is 2. The van der Waals surface area contributed by atoms with Crippen LogP contribution in [0.15, 0.2) is 36.4 Å². The van der Waals surface area contributed by atoms with Gasteiger partial charge in [-0.25, -0.2) is 0 Å². The zero-order valence-corrected chi connectivity index (χ0v) is 9.90. The summed E-state index contributed by atoms with van der Waals surface area (Å²) < 4.78 is 0. The van der Waals surface area contributed by atoms with Crippen LogP contribution < -0.4 is 5.32 Å². The normalized spacial score (nSPS) is 10.8. The van der Waals surface area contributed by atoms with Gasteiger partial charge in [-0.15, -0.1) is 0 Å². The van der Waals surface area contributed by atoms with Crippen LogP contribution in [0.1, 0.15) is 13.8 Å². The molecule has 1 amide bonds. The van der Waals surface area contributed by atoms with Crippen LogP contribution in [0.3, 0.4) is 0 Å². The van der Waals surface area contributed by atoms with E-state index in [2.05, 4.69) is 5.32 Å². The fraction of sp³-hybridized carbons (Fsp3) is 0.214. The maximum atomic E-state index is 11.7. The van der Waals surface area contributed by atoms with Crippen molar-refractivity contribution in [2.75, 3.05) is 5.32 Å². The van der Waals surface area contributed by atoms with E-state index in [0.717, 1.165) is 16.5 Å². The molecule has 0 aromatic heterocycles. The van der Waals surface area contributed by atoms with Crippen LogP contribution in [0, 0.1) is 5.92 Å². The molecular formula is C14H15NO2. The summed E-state index contributed by atoms with van der Waals surface area (Å²) in [5.74, 6) is 0.131. The quantitative estimate of drug-likeness (QED) is 0.777. The van der Waals surface area contributed by atoms with E-state index in [1.54, 1.807) is 12.1 Å². The summed E-state index contributed by atoms with van der Waals surface area (Å²) in [6, 6.07) is 10.8. The van der Waals surface area contributed by atoms with Gasteiger partial charge in [0.05, 0.1) is 0 Å². The summed E-state index contributed by atoms with van der Waals surface area (Å²) in [5, 5.41) is 14.2. The second-order valence-corrected chi connectivity index (χ2v) is 4.32. The van der Waals surface area contributed by atoms with E-state index in [1.807, 2.05) is 38.1 Å². The summed E-state index contributed by atoms with van der Waals surface area (Å²) in [5.41, 5.74) is 0.733. The Morgan fingerprint density at radius 3 is 2.41 bits per heavy atom. The summed E-state index contributed by atoms with van der Waals surface area (Å²) >= 11 is 0. The van der Waals surface area contributed by atoms with Crippen LogP contribution in [-0.2, 0) is 4.79 Å². The first-order valence-corrected chi connectivity index (χ1v) is 5.61. The predicted molar refractivity (Wildman–Crippen MR) is 69.1 cm³/mol. The van der Waals surface area contributed by atoms with Crippen LogP contribution >= 0.6 is 0 Å². The Hall–Kier alpha value is -2.03. The van der Waals surface area contributed by atoms with Crippen molar-refractivity contribution >= 4 is 22.4 Å². The standard InChI is InChI=1S/C14H15NO2/c1-9(2)14(17)15-12-7-8-13(16)11-6-4-3-5-10(11)12/h3-9,16H,1-2H3,(H,15,17). The molecule has 3 heteroatoms. The van der Waals surface area contributed by atoms with Gasteiger partial charge in [0.15, 0.2) is 0 Å². The highest BCUT2D eigenvalue weighted by atomic mass is 16.3. The minimum Gasteiger partial charge on any atom is -0.507 e. The third-order valence-electron chi connectivity index (χ3n) is 2.68. The Balaban J connectivity index is 2.48. The molecule has 2 rings (SSSR count). The summed E-state index contributed by atoms with van der Waals surface area (Å²) in [4.78, 5) is 11.7. The van der Waals surface area contributed by atoms with Crippen LogP contribution in [-0.4, -0.2) is 11.0 Å². The zero-order valence-electron chi connectivity index (χ0n) is 9.90. The van der Waals surface area contributed by atoms with Crippen molar-refractivity contribution in [3.05, 3.63) is 36.4 Å². The smallest absolute Gasteiger partial charge is 0.226 e. The topological polar surface area (TPSA) is 49.3 Å². The number of fused-ring (bicyclic) bond motifs is 1. The predicted octanol–water partition coefficient (Wildman–Crippen LogP) is 3.14. The van der Waals surface area contributed by atoms with Gasteiger partial charge in [0.2, 0.25) is 5.91 Å². The van der Waals surface area contributed by atoms with Gasteiger partial charge in [0.25, 0.3) is 0 Å². The van der Waals surface area contributed by atoms with Crippen molar-refractivity contribution in [3.8, 4) is 5.75 Å². The molecule has 0 atom stereocenters. The van der Waals surface area contributed by atoms with E-state index in [1.165, 1.54) is 0 Å². The molecule has 2 N–H and O–H groups in total. The second kappa shape index (κ2) is 4.45. The SMILES string of the molecule is CC(C)C(=O)Nc1ccc(O)c2ccccc12. The summed E-state index contributed by atoms with van der Waals surface area (Å²) in [7, 11) is 0. The van der Waals surface area contributed by atoms with Gasteiger partial charge >= 0.3 is 0 Å². The highest BCUT2D eigenvalue weighted by Crippen LogP contribution is 2.30. The molecule has 0 aliphatic rings. The first kappa shape index (κ1) is 11.5. The minimum atomic E-state index is -0.0671.